The first-order valence-electron chi connectivity index (χ1n) is 23.8. The molecule has 0 fully saturated rings. The molecule has 0 amide bonds. The number of thiol groups is 2. The van der Waals surface area contributed by atoms with Gasteiger partial charge < -0.3 is 63.3 Å². The van der Waals surface area contributed by atoms with Crippen LogP contribution in [0.2, 0.25) is 10.0 Å². The molecule has 1 aromatic rings. The summed E-state index contributed by atoms with van der Waals surface area (Å²) in [6.45, 7) is 37.5. The number of carbonyl (C=O) groups excluding carboxylic acids is 6. The van der Waals surface area contributed by atoms with Crippen LogP contribution in [0.15, 0.2) is 61.2 Å². The summed E-state index contributed by atoms with van der Waals surface area (Å²) in [5.74, 6) is -6.68. The number of ketones is 6. The van der Waals surface area contributed by atoms with E-state index < -0.39 is 193 Å². The Hall–Kier alpha value is 4.77. The molecule has 0 saturated carbocycles. The third kappa shape index (κ3) is 75.7. The molecule has 114 heavy (non-hydrogen) atoms. The number of phenols is 2. The van der Waals surface area contributed by atoms with E-state index in [0.29, 0.717) is 11.5 Å². The fraction of sp³-hybridized carbons (Fsp3) is 0.326. The van der Waals surface area contributed by atoms with Crippen molar-refractivity contribution in [2.24, 2.45) is 0 Å². The maximum atomic E-state index is 12.9. The normalized spacial score (nSPS) is 12.3. The van der Waals surface area contributed by atoms with Crippen LogP contribution in [0.25, 0.3) is 19.4 Å². The van der Waals surface area contributed by atoms with Crippen LogP contribution in [0.3, 0.4) is 0 Å². The monoisotopic (exact) mass is 2140 g/mol. The van der Waals surface area contributed by atoms with Gasteiger partial charge in [0.25, 0.3) is 0 Å². The Bertz CT molecular complexity index is 4420. The average molecular weight is 2150 g/mol. The van der Waals surface area contributed by atoms with Gasteiger partial charge in [0.2, 0.25) is 45.9 Å². The number of hydrogen-bond donors (Lipinski definition) is 4. The van der Waals surface area contributed by atoms with E-state index in [4.69, 9.17) is 157 Å². The zero-order valence-electron chi connectivity index (χ0n) is 57.9. The van der Waals surface area contributed by atoms with Crippen molar-refractivity contribution in [3.63, 3.8) is 0 Å². The number of rotatable bonds is 21. The smallest absolute Gasteiger partial charge is 0.748 e. The second-order valence-electron chi connectivity index (χ2n) is 15.2. The van der Waals surface area contributed by atoms with Crippen molar-refractivity contribution < 1.29 is 378 Å². The number of nitrogens with zero attached hydrogens (tertiary/aromatic N) is 4. The van der Waals surface area contributed by atoms with Crippen molar-refractivity contribution in [1.82, 2.24) is 0 Å². The average Bonchev–Trinajstić information content (AvgIpc) is 0.804. The number of allylic oxidation sites excluding steroid dienone is 10. The van der Waals surface area contributed by atoms with Gasteiger partial charge in [-0.05, 0) is 0 Å². The molecular weight excluding hydrogens is 2100 g/mol. The minimum atomic E-state index is -4.51. The van der Waals surface area contributed by atoms with Gasteiger partial charge in [-0.1, -0.05) is 118 Å². The van der Waals surface area contributed by atoms with Gasteiger partial charge in [0, 0.05) is 57.5 Å². The molecule has 2 N–H and O–H groups in total. The Kier molecular flexibility index (Phi) is 114. The van der Waals surface area contributed by atoms with Crippen LogP contribution in [-0.4, -0.2) is 222 Å². The van der Waals surface area contributed by atoms with Crippen LogP contribution >= 0.6 is 187 Å². The third-order valence-corrected chi connectivity index (χ3v) is 23.3. The number of phenolic OH excluding ortho intramolecular Hbond substituents is 2. The van der Waals surface area contributed by atoms with Gasteiger partial charge in [-0.2, -0.15) is 48.8 Å². The van der Waals surface area contributed by atoms with E-state index >= 15 is 0 Å². The molecular formula is C46H44Cl8N4Na8O32S16. The Morgan fingerprint density at radius 2 is 0.553 bits per heavy atom. The van der Waals surface area contributed by atoms with E-state index in [0.717, 1.165) is 47.0 Å². The maximum absolute atomic E-state index is 12.9. The van der Waals surface area contributed by atoms with Crippen LogP contribution in [-0.2, 0) is 111 Å². The molecule has 0 spiro atoms. The van der Waals surface area contributed by atoms with Crippen LogP contribution < -0.4 is 236 Å². The summed E-state index contributed by atoms with van der Waals surface area (Å²) in [5, 5.41) is 15.4. The van der Waals surface area contributed by atoms with Gasteiger partial charge in [-0.3, -0.25) is 19.2 Å². The first-order chi connectivity index (χ1) is 47.3. The van der Waals surface area contributed by atoms with E-state index in [-0.39, 0.29) is 333 Å². The predicted molar refractivity (Wildman–Crippen MR) is 407 cm³/mol. The molecule has 0 bridgehead atoms. The van der Waals surface area contributed by atoms with Crippen LogP contribution in [0.5, 0.6) is 11.5 Å². The molecule has 3 aliphatic rings. The minimum absolute atomic E-state index is 0. The van der Waals surface area contributed by atoms with Gasteiger partial charge in [-0.25, -0.2) is 61.5 Å². The SMILES string of the molecule is C.C.O=C1C(Cl)=C(Cl)C(=O)C(Cl)=C1Cl.O=S(=O)([O-])CCS.O=S(=O)([O-])CCS.O=S(=O)=O.O=S(=O)=O.O=S(=O)=O.[C-]#[N+]C1=C([N+]#[C-])C(=O)C(Cl)=C(Cl)C1=O.[C-]#[N+]c1c(O)c(Cl)c(Cl)c(O)c1[N+]#[C-].[CH2-]CSC1=C(SC[CH2-])C(=O)C(SCCS(=O)(=O)[O-])=C(SCCS(=O)(=O)[O-])C1=O.[CH2-]CSSCCS(=O)(=O)[O-].[Na+].[Na+].[Na+].[Na+].[Na+].[Na+].[Na+].[Na+]. The summed E-state index contributed by atoms with van der Waals surface area (Å²) in [6, 6.07) is 0. The van der Waals surface area contributed by atoms with E-state index in [1.54, 1.807) is 0 Å². The van der Waals surface area contributed by atoms with Crippen molar-refractivity contribution in [3.05, 3.63) is 138 Å². The molecule has 600 valence electrons. The Labute approximate surface area is 915 Å². The molecule has 0 atom stereocenters. The van der Waals surface area contributed by atoms with Crippen molar-refractivity contribution in [2.45, 2.75) is 14.9 Å². The van der Waals surface area contributed by atoms with Crippen LogP contribution in [0.1, 0.15) is 14.9 Å². The maximum Gasteiger partial charge on any atom is 1.00 e. The zero-order valence-corrected chi connectivity index (χ0v) is 93.1. The summed E-state index contributed by atoms with van der Waals surface area (Å²) in [6.07, 6.45) is 0. The Morgan fingerprint density at radius 1 is 0.351 bits per heavy atom. The second-order valence-corrected chi connectivity index (χ2v) is 35.1. The molecule has 36 nitrogen and oxygen atoms in total. The standard InChI is InChI=1S/C14H18O8S6.C8H2Cl2N2O2.C8Cl2N2O2.C6Cl4O2.C4H9O3S3.2C2H6O3S2.2CH4.8Na.3O3S/c1-3-23-11-9(15)13(25-5-7-27(17,18)19)14(10(16)12(11)24-4-2)26-6-8-28(20,21)22;2*1-11-5-6(12-2)8(14)4(10)3(9)7(5)13;7-1-2(8)6(12)4(10)3(9)5(1)11;1-2-8-9-3-4-10(5,6)7;2*3-7(4,5)2-1-6;;;;;;;;;;;3*1-4(2)3/h1-8H2,(H,17,18,19)(H,20,21,22);13-14H;;;1-4H2,(H,5,6,7);2*6H,1-2H2,(H,3,4,5);2*1H4;;;;;;;;;;;/q-2;;;;-1;;;;;8*+1;;;/p-5. The molecule has 0 unspecified atom stereocenters. The fourth-order valence-corrected chi connectivity index (χ4v) is 16.3. The molecule has 0 heterocycles. The first-order valence-corrected chi connectivity index (χ1v) is 45.4. The molecule has 1 aromatic carbocycles. The molecule has 0 radical (unpaired) electrons. The number of carbonyl (C=O) groups is 6. The van der Waals surface area contributed by atoms with E-state index in [1.165, 1.54) is 21.6 Å². The summed E-state index contributed by atoms with van der Waals surface area (Å²) in [7, 11) is -27.6. The van der Waals surface area contributed by atoms with Gasteiger partial charge in [0.1, 0.15) is 31.6 Å². The van der Waals surface area contributed by atoms with Gasteiger partial charge in [-0.15, -0.1) is 89.5 Å². The number of thioether (sulfide) groups is 4. The molecule has 3 aliphatic carbocycles. The van der Waals surface area contributed by atoms with Gasteiger partial charge >= 0.3 is 268 Å². The van der Waals surface area contributed by atoms with Crippen molar-refractivity contribution in [2.75, 3.05) is 74.8 Å². The van der Waals surface area contributed by atoms with Crippen LogP contribution in [0, 0.1) is 47.1 Å². The van der Waals surface area contributed by atoms with Crippen molar-refractivity contribution in [3.8, 4) is 11.5 Å². The quantitative estimate of drug-likeness (QED) is 0.0130. The first kappa shape index (κ1) is 156. The molecule has 0 aliphatic heterocycles. The number of Topliss-reactive ketones (excluding diaryl/α,β-unsaturated/α-hetero) is 6. The predicted octanol–water partition coefficient (Wildman–Crippen LogP) is -16.9. The number of benzene rings is 1. The van der Waals surface area contributed by atoms with Crippen molar-refractivity contribution >= 4 is 315 Å². The molecule has 4 rings (SSSR count). The summed E-state index contributed by atoms with van der Waals surface area (Å²) in [5.41, 5.74) is -1.93. The molecule has 0 aromatic heterocycles. The summed E-state index contributed by atoms with van der Waals surface area (Å²) in [4.78, 5) is 81.7. The van der Waals surface area contributed by atoms with E-state index in [1.807, 2.05) is 0 Å². The third-order valence-electron chi connectivity index (χ3n) is 8.31. The fourth-order valence-electron chi connectivity index (χ4n) is 4.59. The molecule has 68 heteroatoms. The summed E-state index contributed by atoms with van der Waals surface area (Å²) >= 11 is 54.0. The van der Waals surface area contributed by atoms with Gasteiger partial charge in [0.05, 0.1) is 117 Å². The number of aromatic hydroxyl groups is 2. The van der Waals surface area contributed by atoms with E-state index in [9.17, 15) is 104 Å². The van der Waals surface area contributed by atoms with Gasteiger partial charge in [0.15, 0.2) is 11.6 Å². The van der Waals surface area contributed by atoms with E-state index in [2.05, 4.69) is 65.4 Å². The number of halogens is 8. The zero-order chi connectivity index (χ0) is 83.4. The van der Waals surface area contributed by atoms with Crippen LogP contribution in [0.4, 0.5) is 11.4 Å². The Morgan fingerprint density at radius 3 is 0.719 bits per heavy atom. The Balaban J connectivity index is -0.0000000703. The second kappa shape index (κ2) is 83.4. The molecule has 0 saturated heterocycles. The number of hydrogen-bond acceptors (Lipinski definition) is 40. The summed E-state index contributed by atoms with van der Waals surface area (Å²) < 4.78 is 229. The minimum Gasteiger partial charge on any atom is -0.748 e. The van der Waals surface area contributed by atoms with Crippen molar-refractivity contribution in [1.29, 1.82) is 0 Å². The largest absolute Gasteiger partial charge is 1.00 e. The topological polar surface area (TPSA) is 600 Å².